The maximum atomic E-state index is 13.4. The number of nitrogens with two attached hydrogens (primary N) is 1. The van der Waals surface area contributed by atoms with Gasteiger partial charge in [-0.2, -0.15) is 0 Å². The Kier molecular flexibility index (Phi) is 3.65. The molecule has 1 amide bonds. The summed E-state index contributed by atoms with van der Waals surface area (Å²) >= 11 is 0. The van der Waals surface area contributed by atoms with Crippen molar-refractivity contribution in [3.05, 3.63) is 58.9 Å². The van der Waals surface area contributed by atoms with Crippen LogP contribution in [0.2, 0.25) is 0 Å². The summed E-state index contributed by atoms with van der Waals surface area (Å²) < 4.78 is 39.3. The molecule has 0 heterocycles. The first-order valence-corrected chi connectivity index (χ1v) is 5.71. The predicted octanol–water partition coefficient (Wildman–Crippen LogP) is 3.25. The summed E-state index contributed by atoms with van der Waals surface area (Å²) in [6.45, 7) is 1.71. The number of anilines is 2. The molecule has 0 bridgehead atoms. The van der Waals surface area contributed by atoms with E-state index in [9.17, 15) is 18.0 Å². The number of amides is 1. The van der Waals surface area contributed by atoms with E-state index in [1.165, 1.54) is 18.2 Å². The Balaban J connectivity index is 2.28. The van der Waals surface area contributed by atoms with Crippen LogP contribution in [-0.2, 0) is 0 Å². The summed E-state index contributed by atoms with van der Waals surface area (Å²) in [6.07, 6.45) is 0. The maximum absolute atomic E-state index is 13.4. The SMILES string of the molecule is Cc1cc(C(=O)Nc2ccc(F)c(F)c2F)ccc1N. The molecular formula is C14H11F3N2O. The van der Waals surface area contributed by atoms with Gasteiger partial charge >= 0.3 is 0 Å². The number of aryl methyl sites for hydroxylation is 1. The number of nitrogen functional groups attached to an aromatic ring is 1. The summed E-state index contributed by atoms with van der Waals surface area (Å²) in [5, 5.41) is 2.18. The highest BCUT2D eigenvalue weighted by Crippen LogP contribution is 2.21. The van der Waals surface area contributed by atoms with Crippen molar-refractivity contribution in [2.24, 2.45) is 0 Å². The van der Waals surface area contributed by atoms with E-state index in [1.807, 2.05) is 0 Å². The molecule has 0 aliphatic heterocycles. The molecule has 3 nitrogen and oxygen atoms in total. The van der Waals surface area contributed by atoms with Gasteiger partial charge in [0.1, 0.15) is 0 Å². The van der Waals surface area contributed by atoms with Crippen molar-refractivity contribution in [2.75, 3.05) is 11.1 Å². The van der Waals surface area contributed by atoms with Gasteiger partial charge in [-0.15, -0.1) is 0 Å². The highest BCUT2D eigenvalue weighted by molar-refractivity contribution is 6.04. The van der Waals surface area contributed by atoms with Crippen LogP contribution in [0.4, 0.5) is 24.5 Å². The van der Waals surface area contributed by atoms with Crippen molar-refractivity contribution < 1.29 is 18.0 Å². The van der Waals surface area contributed by atoms with Crippen LogP contribution >= 0.6 is 0 Å². The van der Waals surface area contributed by atoms with Gasteiger partial charge in [0.15, 0.2) is 17.5 Å². The second kappa shape index (κ2) is 5.24. The lowest BCUT2D eigenvalue weighted by atomic mass is 10.1. The van der Waals surface area contributed by atoms with E-state index in [2.05, 4.69) is 5.32 Å². The van der Waals surface area contributed by atoms with Crippen LogP contribution in [0, 0.1) is 24.4 Å². The molecule has 0 saturated carbocycles. The largest absolute Gasteiger partial charge is 0.399 e. The molecule has 2 rings (SSSR count). The van der Waals surface area contributed by atoms with Crippen LogP contribution in [0.1, 0.15) is 15.9 Å². The van der Waals surface area contributed by atoms with Crippen molar-refractivity contribution in [3.8, 4) is 0 Å². The maximum Gasteiger partial charge on any atom is 0.255 e. The van der Waals surface area contributed by atoms with Gasteiger partial charge in [0.2, 0.25) is 0 Å². The fourth-order valence-corrected chi connectivity index (χ4v) is 1.63. The van der Waals surface area contributed by atoms with Crippen molar-refractivity contribution in [3.63, 3.8) is 0 Å². The summed E-state index contributed by atoms with van der Waals surface area (Å²) in [4.78, 5) is 11.9. The molecule has 104 valence electrons. The monoisotopic (exact) mass is 280 g/mol. The number of benzene rings is 2. The molecule has 0 aliphatic carbocycles. The number of hydrogen-bond acceptors (Lipinski definition) is 2. The summed E-state index contributed by atoms with van der Waals surface area (Å²) in [6, 6.07) is 6.20. The van der Waals surface area contributed by atoms with Gasteiger partial charge in [0.05, 0.1) is 5.69 Å². The van der Waals surface area contributed by atoms with Gasteiger partial charge in [-0.3, -0.25) is 4.79 Å². The molecular weight excluding hydrogens is 269 g/mol. The fourth-order valence-electron chi connectivity index (χ4n) is 1.63. The van der Waals surface area contributed by atoms with Gasteiger partial charge in [0, 0.05) is 11.3 Å². The lowest BCUT2D eigenvalue weighted by Gasteiger charge is -2.08. The zero-order valence-electron chi connectivity index (χ0n) is 10.5. The van der Waals surface area contributed by atoms with E-state index in [-0.39, 0.29) is 5.56 Å². The summed E-state index contributed by atoms with van der Waals surface area (Å²) in [5.74, 6) is -5.02. The average Bonchev–Trinajstić information content (AvgIpc) is 2.42. The van der Waals surface area contributed by atoms with Gasteiger partial charge in [-0.25, -0.2) is 13.2 Å². The molecule has 0 atom stereocenters. The topological polar surface area (TPSA) is 55.1 Å². The molecule has 0 radical (unpaired) electrons. The lowest BCUT2D eigenvalue weighted by molar-refractivity contribution is 0.102. The van der Waals surface area contributed by atoms with E-state index in [1.54, 1.807) is 6.92 Å². The molecule has 0 fully saturated rings. The Morgan fingerprint density at radius 2 is 1.80 bits per heavy atom. The Labute approximate surface area is 113 Å². The van der Waals surface area contributed by atoms with Crippen LogP contribution in [-0.4, -0.2) is 5.91 Å². The number of nitrogens with one attached hydrogen (secondary N) is 1. The minimum absolute atomic E-state index is 0.237. The van der Waals surface area contributed by atoms with Crippen molar-refractivity contribution in [2.45, 2.75) is 6.92 Å². The highest BCUT2D eigenvalue weighted by Gasteiger charge is 2.16. The lowest BCUT2D eigenvalue weighted by Crippen LogP contribution is -2.14. The van der Waals surface area contributed by atoms with Crippen molar-refractivity contribution in [1.82, 2.24) is 0 Å². The van der Waals surface area contributed by atoms with Gasteiger partial charge in [0.25, 0.3) is 5.91 Å². The Hall–Kier alpha value is -2.50. The first-order valence-electron chi connectivity index (χ1n) is 5.71. The van der Waals surface area contributed by atoms with Crippen molar-refractivity contribution >= 4 is 17.3 Å². The number of hydrogen-bond donors (Lipinski definition) is 2. The minimum atomic E-state index is -1.63. The number of halogens is 3. The fraction of sp³-hybridized carbons (Fsp3) is 0.0714. The molecule has 0 saturated heterocycles. The molecule has 2 aromatic carbocycles. The Bertz CT molecular complexity index is 686. The summed E-state index contributed by atoms with van der Waals surface area (Å²) in [7, 11) is 0. The molecule has 0 aliphatic rings. The van der Waals surface area contributed by atoms with Gasteiger partial charge in [-0.1, -0.05) is 0 Å². The first-order chi connectivity index (χ1) is 9.40. The van der Waals surface area contributed by atoms with E-state index < -0.39 is 29.0 Å². The average molecular weight is 280 g/mol. The number of carbonyl (C=O) groups is 1. The Morgan fingerprint density at radius 3 is 2.45 bits per heavy atom. The van der Waals surface area contributed by atoms with Crippen molar-refractivity contribution in [1.29, 1.82) is 0 Å². The Morgan fingerprint density at radius 1 is 1.10 bits per heavy atom. The third-order valence-electron chi connectivity index (χ3n) is 2.82. The molecule has 20 heavy (non-hydrogen) atoms. The van der Waals surface area contributed by atoms with E-state index >= 15 is 0 Å². The first kappa shape index (κ1) is 13.9. The van der Waals surface area contributed by atoms with E-state index in [4.69, 9.17) is 5.73 Å². The molecule has 6 heteroatoms. The minimum Gasteiger partial charge on any atom is -0.399 e. The second-order valence-corrected chi connectivity index (χ2v) is 4.25. The van der Waals surface area contributed by atoms with Crippen LogP contribution in [0.3, 0.4) is 0 Å². The number of carbonyl (C=O) groups excluding carboxylic acids is 1. The molecule has 2 aromatic rings. The van der Waals surface area contributed by atoms with Gasteiger partial charge in [-0.05, 0) is 42.8 Å². The van der Waals surface area contributed by atoms with Crippen LogP contribution in [0.5, 0.6) is 0 Å². The second-order valence-electron chi connectivity index (χ2n) is 4.25. The molecule has 0 unspecified atom stereocenters. The smallest absolute Gasteiger partial charge is 0.255 e. The molecule has 3 N–H and O–H groups in total. The normalized spacial score (nSPS) is 10.4. The quantitative estimate of drug-likeness (QED) is 0.655. The van der Waals surface area contributed by atoms with E-state index in [0.717, 1.165) is 12.1 Å². The predicted molar refractivity (Wildman–Crippen MR) is 69.9 cm³/mol. The van der Waals surface area contributed by atoms with Crippen LogP contribution in [0.15, 0.2) is 30.3 Å². The third kappa shape index (κ3) is 2.59. The van der Waals surface area contributed by atoms with Crippen LogP contribution < -0.4 is 11.1 Å². The molecule has 0 aromatic heterocycles. The third-order valence-corrected chi connectivity index (χ3v) is 2.82. The number of rotatable bonds is 2. The van der Waals surface area contributed by atoms with Crippen LogP contribution in [0.25, 0.3) is 0 Å². The van der Waals surface area contributed by atoms with Gasteiger partial charge < -0.3 is 11.1 Å². The standard InChI is InChI=1S/C14H11F3N2O/c1-7-6-8(2-4-10(7)18)14(20)19-11-5-3-9(15)12(16)13(11)17/h2-6H,18H2,1H3,(H,19,20). The summed E-state index contributed by atoms with van der Waals surface area (Å²) in [5.41, 5.74) is 6.63. The van der Waals surface area contributed by atoms with E-state index in [0.29, 0.717) is 11.3 Å². The highest BCUT2D eigenvalue weighted by atomic mass is 19.2. The zero-order valence-corrected chi connectivity index (χ0v) is 10.5. The molecule has 0 spiro atoms. The zero-order chi connectivity index (χ0) is 14.9.